The van der Waals surface area contributed by atoms with E-state index in [1.807, 2.05) is 38.1 Å². The number of para-hydroxylation sites is 2. The van der Waals surface area contributed by atoms with Gasteiger partial charge in [0, 0.05) is 31.2 Å². The minimum atomic E-state index is -0.221. The number of hydrogen-bond acceptors (Lipinski definition) is 3. The van der Waals surface area contributed by atoms with Gasteiger partial charge in [-0.05, 0) is 37.6 Å². The van der Waals surface area contributed by atoms with Crippen LogP contribution in [0.5, 0.6) is 0 Å². The van der Waals surface area contributed by atoms with Crippen LogP contribution < -0.4 is 10.6 Å². The van der Waals surface area contributed by atoms with Gasteiger partial charge in [0.2, 0.25) is 0 Å². The molecule has 3 aromatic rings. The number of urea groups is 1. The predicted molar refractivity (Wildman–Crippen MR) is 90.5 cm³/mol. The van der Waals surface area contributed by atoms with E-state index in [4.69, 9.17) is 0 Å². The second kappa shape index (κ2) is 6.48. The molecule has 0 aliphatic heterocycles. The maximum Gasteiger partial charge on any atom is 0.319 e. The second-order valence-electron chi connectivity index (χ2n) is 5.37. The van der Waals surface area contributed by atoms with E-state index >= 15 is 0 Å². The summed E-state index contributed by atoms with van der Waals surface area (Å²) in [5.74, 6) is 0.943. The summed E-state index contributed by atoms with van der Waals surface area (Å²) < 4.78 is 2.10. The zero-order chi connectivity index (χ0) is 16.2. The number of amides is 2. The summed E-state index contributed by atoms with van der Waals surface area (Å²) in [6.07, 6.45) is 3.38. The third kappa shape index (κ3) is 3.31. The lowest BCUT2D eigenvalue weighted by atomic mass is 10.2. The number of anilines is 1. The Hall–Kier alpha value is -2.89. The molecule has 0 aliphatic rings. The third-order valence-electron chi connectivity index (χ3n) is 3.73. The zero-order valence-electron chi connectivity index (χ0n) is 13.2. The van der Waals surface area contributed by atoms with Crippen molar-refractivity contribution in [2.45, 2.75) is 20.4 Å². The van der Waals surface area contributed by atoms with Crippen LogP contribution in [0.4, 0.5) is 10.5 Å². The largest absolute Gasteiger partial charge is 0.336 e. The number of carbonyl (C=O) groups excluding carboxylic acids is 1. The topological polar surface area (TPSA) is 71.8 Å². The number of nitrogens with one attached hydrogen (secondary N) is 2. The molecule has 1 aromatic carbocycles. The Balaban J connectivity index is 1.59. The maximum atomic E-state index is 12.0. The molecule has 118 valence electrons. The average molecular weight is 309 g/mol. The minimum Gasteiger partial charge on any atom is -0.336 e. The molecule has 2 N–H and O–H groups in total. The number of hydrogen-bond donors (Lipinski definition) is 2. The first-order valence-corrected chi connectivity index (χ1v) is 7.52. The molecule has 2 amide bonds. The zero-order valence-corrected chi connectivity index (χ0v) is 13.2. The monoisotopic (exact) mass is 309 g/mol. The first kappa shape index (κ1) is 15.0. The normalized spacial score (nSPS) is 10.7. The lowest BCUT2D eigenvalue weighted by Crippen LogP contribution is -2.31. The summed E-state index contributed by atoms with van der Waals surface area (Å²) in [5, 5.41) is 5.70. The SMILES string of the molecule is Cc1cnccc1NC(=O)NCCn1c(C)nc2ccccc21. The van der Waals surface area contributed by atoms with E-state index in [-0.39, 0.29) is 6.03 Å². The Morgan fingerprint density at radius 3 is 2.87 bits per heavy atom. The van der Waals surface area contributed by atoms with Crippen molar-refractivity contribution in [3.8, 4) is 0 Å². The van der Waals surface area contributed by atoms with Gasteiger partial charge in [-0.15, -0.1) is 0 Å². The number of pyridine rings is 1. The van der Waals surface area contributed by atoms with Crippen LogP contribution >= 0.6 is 0 Å². The molecule has 0 fully saturated rings. The van der Waals surface area contributed by atoms with E-state index in [1.54, 1.807) is 18.5 Å². The Morgan fingerprint density at radius 2 is 2.04 bits per heavy atom. The van der Waals surface area contributed by atoms with E-state index in [0.717, 1.165) is 28.1 Å². The van der Waals surface area contributed by atoms with Crippen LogP contribution in [-0.2, 0) is 6.54 Å². The molecule has 0 saturated carbocycles. The minimum absolute atomic E-state index is 0.221. The molecule has 0 radical (unpaired) electrons. The lowest BCUT2D eigenvalue weighted by Gasteiger charge is -2.11. The van der Waals surface area contributed by atoms with Crippen molar-refractivity contribution < 1.29 is 4.79 Å². The van der Waals surface area contributed by atoms with Crippen molar-refractivity contribution in [1.82, 2.24) is 19.9 Å². The fraction of sp³-hybridized carbons (Fsp3) is 0.235. The van der Waals surface area contributed by atoms with Crippen LogP contribution in [0, 0.1) is 13.8 Å². The fourth-order valence-corrected chi connectivity index (χ4v) is 2.54. The van der Waals surface area contributed by atoms with Gasteiger partial charge >= 0.3 is 6.03 Å². The summed E-state index contributed by atoms with van der Waals surface area (Å²) in [6, 6.07) is 9.55. The molecule has 0 atom stereocenters. The van der Waals surface area contributed by atoms with Gasteiger partial charge in [-0.1, -0.05) is 12.1 Å². The van der Waals surface area contributed by atoms with Crippen molar-refractivity contribution >= 4 is 22.8 Å². The highest BCUT2D eigenvalue weighted by Crippen LogP contribution is 2.15. The molecule has 23 heavy (non-hydrogen) atoms. The van der Waals surface area contributed by atoms with Crippen LogP contribution in [0.2, 0.25) is 0 Å². The lowest BCUT2D eigenvalue weighted by molar-refractivity contribution is 0.251. The Morgan fingerprint density at radius 1 is 1.22 bits per heavy atom. The van der Waals surface area contributed by atoms with Crippen molar-refractivity contribution in [3.05, 3.63) is 54.1 Å². The van der Waals surface area contributed by atoms with Crippen LogP contribution in [0.15, 0.2) is 42.7 Å². The van der Waals surface area contributed by atoms with Gasteiger partial charge in [0.05, 0.1) is 11.0 Å². The van der Waals surface area contributed by atoms with E-state index in [2.05, 4.69) is 25.2 Å². The maximum absolute atomic E-state index is 12.0. The number of rotatable bonds is 4. The smallest absolute Gasteiger partial charge is 0.319 e. The number of imidazole rings is 1. The van der Waals surface area contributed by atoms with Gasteiger partial charge in [-0.2, -0.15) is 0 Å². The molecule has 0 aliphatic carbocycles. The molecular formula is C17H19N5O. The highest BCUT2D eigenvalue weighted by Gasteiger charge is 2.07. The van der Waals surface area contributed by atoms with Crippen molar-refractivity contribution in [3.63, 3.8) is 0 Å². The fourth-order valence-electron chi connectivity index (χ4n) is 2.54. The highest BCUT2D eigenvalue weighted by atomic mass is 16.2. The second-order valence-corrected chi connectivity index (χ2v) is 5.37. The van der Waals surface area contributed by atoms with Crippen molar-refractivity contribution in [2.75, 3.05) is 11.9 Å². The Bertz CT molecular complexity index is 840. The van der Waals surface area contributed by atoms with E-state index in [9.17, 15) is 4.79 Å². The van der Waals surface area contributed by atoms with Gasteiger partial charge in [-0.25, -0.2) is 9.78 Å². The van der Waals surface area contributed by atoms with Gasteiger partial charge in [0.15, 0.2) is 0 Å². The molecule has 6 heteroatoms. The third-order valence-corrected chi connectivity index (χ3v) is 3.73. The van der Waals surface area contributed by atoms with Crippen molar-refractivity contribution in [2.24, 2.45) is 0 Å². The molecule has 3 rings (SSSR count). The molecule has 0 saturated heterocycles. The first-order valence-electron chi connectivity index (χ1n) is 7.52. The Labute approximate surface area is 134 Å². The first-order chi connectivity index (χ1) is 11.1. The van der Waals surface area contributed by atoms with Gasteiger partial charge in [0.1, 0.15) is 5.82 Å². The van der Waals surface area contributed by atoms with Gasteiger partial charge in [0.25, 0.3) is 0 Å². The van der Waals surface area contributed by atoms with Crippen molar-refractivity contribution in [1.29, 1.82) is 0 Å². The molecule has 6 nitrogen and oxygen atoms in total. The summed E-state index contributed by atoms with van der Waals surface area (Å²) >= 11 is 0. The summed E-state index contributed by atoms with van der Waals surface area (Å²) in [7, 11) is 0. The van der Waals surface area contributed by atoms with Crippen LogP contribution in [0.3, 0.4) is 0 Å². The van der Waals surface area contributed by atoms with E-state index in [1.165, 1.54) is 0 Å². The summed E-state index contributed by atoms with van der Waals surface area (Å²) in [4.78, 5) is 20.5. The standard InChI is InChI=1S/C17H19N5O/c1-12-11-18-8-7-14(12)21-17(23)19-9-10-22-13(2)20-15-5-3-4-6-16(15)22/h3-8,11H,9-10H2,1-2H3,(H2,18,19,21,23). The number of aromatic nitrogens is 3. The van der Waals surface area contributed by atoms with E-state index in [0.29, 0.717) is 13.1 Å². The highest BCUT2D eigenvalue weighted by molar-refractivity contribution is 5.89. The molecule has 2 aromatic heterocycles. The van der Waals surface area contributed by atoms with Crippen LogP contribution in [0.25, 0.3) is 11.0 Å². The number of fused-ring (bicyclic) bond motifs is 1. The molecule has 2 heterocycles. The van der Waals surface area contributed by atoms with Gasteiger partial charge < -0.3 is 15.2 Å². The van der Waals surface area contributed by atoms with Crippen LogP contribution in [-0.4, -0.2) is 27.1 Å². The van der Waals surface area contributed by atoms with Crippen LogP contribution in [0.1, 0.15) is 11.4 Å². The number of benzene rings is 1. The number of carbonyl (C=O) groups is 1. The molecule has 0 spiro atoms. The Kier molecular flexibility index (Phi) is 4.23. The summed E-state index contributed by atoms with van der Waals surface area (Å²) in [5.41, 5.74) is 3.75. The predicted octanol–water partition coefficient (Wildman–Crippen LogP) is 2.87. The average Bonchev–Trinajstić information content (AvgIpc) is 2.86. The summed E-state index contributed by atoms with van der Waals surface area (Å²) in [6.45, 7) is 5.08. The quantitative estimate of drug-likeness (QED) is 0.778. The van der Waals surface area contributed by atoms with Gasteiger partial charge in [-0.3, -0.25) is 4.98 Å². The number of nitrogens with zero attached hydrogens (tertiary/aromatic N) is 3. The molecule has 0 bridgehead atoms. The van der Waals surface area contributed by atoms with E-state index < -0.39 is 0 Å². The number of aryl methyl sites for hydroxylation is 2. The molecule has 0 unspecified atom stereocenters. The molecular weight excluding hydrogens is 290 g/mol.